The summed E-state index contributed by atoms with van der Waals surface area (Å²) in [5.74, 6) is 8.35. The van der Waals surface area contributed by atoms with Gasteiger partial charge in [-0.1, -0.05) is 51.9 Å². The van der Waals surface area contributed by atoms with Gasteiger partial charge in [-0.3, -0.25) is 4.98 Å². The van der Waals surface area contributed by atoms with Gasteiger partial charge in [0.15, 0.2) is 0 Å². The van der Waals surface area contributed by atoms with Crippen LogP contribution in [-0.4, -0.2) is 20.7 Å². The molecule has 4 saturated carbocycles. The summed E-state index contributed by atoms with van der Waals surface area (Å²) < 4.78 is 12.6. The van der Waals surface area contributed by atoms with Crippen LogP contribution in [-0.2, 0) is 11.3 Å². The summed E-state index contributed by atoms with van der Waals surface area (Å²) in [5.41, 5.74) is 2.93. The number of halogens is 3. The molecule has 0 amide bonds. The van der Waals surface area contributed by atoms with Crippen LogP contribution in [0.5, 0.6) is 0 Å². The number of aromatic nitrogens is 3. The largest absolute Gasteiger partial charge is 0.370 e. The number of pyridine rings is 2. The van der Waals surface area contributed by atoms with Crippen molar-refractivity contribution in [2.45, 2.75) is 69.5 Å². The minimum atomic E-state index is -0.157. The molecule has 5 nitrogen and oxygen atoms in total. The zero-order chi connectivity index (χ0) is 26.6. The third kappa shape index (κ3) is 4.72. The van der Waals surface area contributed by atoms with Crippen molar-refractivity contribution in [3.05, 3.63) is 74.9 Å². The summed E-state index contributed by atoms with van der Waals surface area (Å²) in [6.45, 7) is 0.430. The number of benzene rings is 1. The quantitative estimate of drug-likeness (QED) is 0.222. The molecule has 0 atom stereocenters. The lowest BCUT2D eigenvalue weighted by Crippen LogP contribution is -2.47. The topological polar surface area (TPSA) is 61.0 Å². The van der Waals surface area contributed by atoms with Crippen molar-refractivity contribution in [1.82, 2.24) is 15.1 Å². The molecule has 3 heterocycles. The van der Waals surface area contributed by atoms with Gasteiger partial charge in [-0.2, -0.15) is 0 Å². The van der Waals surface area contributed by atoms with Gasteiger partial charge in [-0.05, 0) is 80.9 Å². The third-order valence-electron chi connectivity index (χ3n) is 8.73. The van der Waals surface area contributed by atoms with E-state index in [0.29, 0.717) is 38.9 Å². The Morgan fingerprint density at radius 2 is 1.72 bits per heavy atom. The summed E-state index contributed by atoms with van der Waals surface area (Å²) in [6, 6.07) is 7.86. The first-order valence-electron chi connectivity index (χ1n) is 13.4. The second-order valence-electron chi connectivity index (χ2n) is 11.2. The highest BCUT2D eigenvalue weighted by molar-refractivity contribution is 6.38. The standard InChI is InChI=1S/C31H26Cl3N3O2/c32-21-4-3-19-6-14-36-26(22(19)15-21)5-7-30-8-11-31(12-9-30,13-10-30)38-18-23-28(37-39-29(23)20-1-2-20)27-24(33)16-35-17-25(27)34/h3-4,6,14-17,20H,1-2,8-13,18H2. The number of ether oxygens (including phenoxy) is 1. The van der Waals surface area contributed by atoms with E-state index in [1.807, 2.05) is 30.5 Å². The molecule has 198 valence electrons. The third-order valence-corrected chi connectivity index (χ3v) is 9.54. The SMILES string of the molecule is Clc1ccc2ccnc(C#CC34CCC(OCc5c(-c6c(Cl)cncc6Cl)noc5C5CC5)(CC3)CC4)c2c1. The van der Waals surface area contributed by atoms with Crippen LogP contribution in [0, 0.1) is 17.3 Å². The minimum absolute atomic E-state index is 0.00709. The Hall–Kier alpha value is -2.62. The van der Waals surface area contributed by atoms with Crippen LogP contribution >= 0.6 is 34.8 Å². The summed E-state index contributed by atoms with van der Waals surface area (Å²) in [7, 11) is 0. The van der Waals surface area contributed by atoms with E-state index in [1.165, 1.54) is 0 Å². The van der Waals surface area contributed by atoms with Crippen molar-refractivity contribution in [3.8, 4) is 23.1 Å². The average molecular weight is 579 g/mol. The van der Waals surface area contributed by atoms with Crippen LogP contribution in [0.25, 0.3) is 22.0 Å². The van der Waals surface area contributed by atoms with Gasteiger partial charge in [-0.15, -0.1) is 0 Å². The summed E-state index contributed by atoms with van der Waals surface area (Å²) in [6.07, 6.45) is 13.2. The van der Waals surface area contributed by atoms with E-state index in [9.17, 15) is 0 Å². The molecule has 0 saturated heterocycles. The summed E-state index contributed by atoms with van der Waals surface area (Å²) in [5, 5.41) is 8.12. The van der Waals surface area contributed by atoms with Gasteiger partial charge in [0, 0.05) is 51.5 Å². The molecule has 8 heteroatoms. The van der Waals surface area contributed by atoms with Crippen molar-refractivity contribution in [2.24, 2.45) is 5.41 Å². The first kappa shape index (κ1) is 25.4. The molecular formula is C31H26Cl3N3O2. The Morgan fingerprint density at radius 3 is 2.44 bits per heavy atom. The first-order valence-corrected chi connectivity index (χ1v) is 14.6. The maximum Gasteiger partial charge on any atom is 0.145 e. The summed E-state index contributed by atoms with van der Waals surface area (Å²) in [4.78, 5) is 8.65. The van der Waals surface area contributed by atoms with Gasteiger partial charge in [0.2, 0.25) is 0 Å². The van der Waals surface area contributed by atoms with Crippen LogP contribution in [0.3, 0.4) is 0 Å². The maximum absolute atomic E-state index is 6.76. The lowest BCUT2D eigenvalue weighted by atomic mass is 9.59. The predicted octanol–water partition coefficient (Wildman–Crippen LogP) is 8.78. The monoisotopic (exact) mass is 577 g/mol. The molecule has 4 aromatic rings. The van der Waals surface area contributed by atoms with E-state index < -0.39 is 0 Å². The molecule has 2 bridgehead atoms. The highest BCUT2D eigenvalue weighted by Gasteiger charge is 2.49. The Kier molecular flexibility index (Phi) is 6.36. The van der Waals surface area contributed by atoms with E-state index in [-0.39, 0.29) is 11.0 Å². The highest BCUT2D eigenvalue weighted by atomic mass is 35.5. The Bertz CT molecular complexity index is 1610. The second kappa shape index (κ2) is 9.78. The number of nitrogens with zero attached hydrogens (tertiary/aromatic N) is 3. The van der Waals surface area contributed by atoms with E-state index in [0.717, 1.165) is 79.2 Å². The van der Waals surface area contributed by atoms with Crippen molar-refractivity contribution >= 4 is 45.6 Å². The number of rotatable bonds is 5. The normalized spacial score (nSPS) is 24.1. The Labute approximate surface area is 242 Å². The summed E-state index contributed by atoms with van der Waals surface area (Å²) >= 11 is 19.2. The van der Waals surface area contributed by atoms with Crippen LogP contribution in [0.2, 0.25) is 15.1 Å². The van der Waals surface area contributed by atoms with Gasteiger partial charge in [0.05, 0.1) is 22.3 Å². The lowest BCUT2D eigenvalue weighted by Gasteiger charge is -2.51. The minimum Gasteiger partial charge on any atom is -0.370 e. The first-order chi connectivity index (χ1) is 18.9. The molecule has 0 unspecified atom stereocenters. The molecule has 4 aliphatic carbocycles. The highest BCUT2D eigenvalue weighted by Crippen LogP contribution is 2.54. The lowest BCUT2D eigenvalue weighted by molar-refractivity contribution is -0.131. The fourth-order valence-electron chi connectivity index (χ4n) is 6.17. The van der Waals surface area contributed by atoms with Crippen LogP contribution in [0.1, 0.15) is 74.3 Å². The molecule has 1 aromatic carbocycles. The van der Waals surface area contributed by atoms with E-state index in [4.69, 9.17) is 44.1 Å². The van der Waals surface area contributed by atoms with Gasteiger partial charge < -0.3 is 9.26 Å². The average Bonchev–Trinajstić information content (AvgIpc) is 3.72. The van der Waals surface area contributed by atoms with Gasteiger partial charge in [-0.25, -0.2) is 4.98 Å². The molecule has 0 N–H and O–H groups in total. The predicted molar refractivity (Wildman–Crippen MR) is 153 cm³/mol. The number of hydrogen-bond acceptors (Lipinski definition) is 5. The zero-order valence-corrected chi connectivity index (χ0v) is 23.5. The van der Waals surface area contributed by atoms with Crippen LogP contribution < -0.4 is 0 Å². The van der Waals surface area contributed by atoms with Crippen molar-refractivity contribution in [3.63, 3.8) is 0 Å². The Balaban J connectivity index is 1.10. The van der Waals surface area contributed by atoms with Crippen LogP contribution in [0.15, 0.2) is 47.4 Å². The number of hydrogen-bond donors (Lipinski definition) is 0. The van der Waals surface area contributed by atoms with Crippen molar-refractivity contribution in [2.75, 3.05) is 0 Å². The van der Waals surface area contributed by atoms with Crippen molar-refractivity contribution < 1.29 is 9.26 Å². The maximum atomic E-state index is 6.76. The molecular weight excluding hydrogens is 553 g/mol. The zero-order valence-electron chi connectivity index (χ0n) is 21.3. The molecule has 0 aliphatic heterocycles. The molecule has 4 fully saturated rings. The van der Waals surface area contributed by atoms with Crippen LogP contribution in [0.4, 0.5) is 0 Å². The smallest absolute Gasteiger partial charge is 0.145 e. The molecule has 39 heavy (non-hydrogen) atoms. The van der Waals surface area contributed by atoms with Gasteiger partial charge >= 0.3 is 0 Å². The van der Waals surface area contributed by atoms with Gasteiger partial charge in [0.25, 0.3) is 0 Å². The number of fused-ring (bicyclic) bond motifs is 4. The fraction of sp³-hybridized carbons (Fsp3) is 0.387. The Morgan fingerprint density at radius 1 is 0.974 bits per heavy atom. The molecule has 4 aliphatic rings. The van der Waals surface area contributed by atoms with E-state index in [2.05, 4.69) is 27.0 Å². The molecule has 3 aromatic heterocycles. The second-order valence-corrected chi connectivity index (χ2v) is 12.4. The van der Waals surface area contributed by atoms with E-state index in [1.54, 1.807) is 12.4 Å². The molecule has 0 spiro atoms. The van der Waals surface area contributed by atoms with E-state index >= 15 is 0 Å². The molecule has 8 rings (SSSR count). The van der Waals surface area contributed by atoms with Crippen molar-refractivity contribution in [1.29, 1.82) is 0 Å². The van der Waals surface area contributed by atoms with Gasteiger partial charge in [0.1, 0.15) is 17.1 Å². The molecule has 0 radical (unpaired) electrons. The fourth-order valence-corrected chi connectivity index (χ4v) is 6.89.